The number of halogens is 3. The number of aliphatic hydroxyl groups is 2. The Balaban J connectivity index is 2.49. The molecule has 1 heterocycles. The van der Waals surface area contributed by atoms with Gasteiger partial charge in [0.15, 0.2) is 6.67 Å². The summed E-state index contributed by atoms with van der Waals surface area (Å²) in [5, 5.41) is 20.0. The first kappa shape index (κ1) is 22.1. The smallest absolute Gasteiger partial charge is 0.317 e. The maximum atomic E-state index is 13.3. The van der Waals surface area contributed by atoms with Crippen LogP contribution in [0.1, 0.15) is 33.1 Å². The zero-order chi connectivity index (χ0) is 19.0. The van der Waals surface area contributed by atoms with Crippen LogP contribution in [0.5, 0.6) is 0 Å². The molecule has 8 heteroatoms. The first-order valence-electron chi connectivity index (χ1n) is 8.52. The van der Waals surface area contributed by atoms with E-state index in [0.717, 1.165) is 6.08 Å². The number of aliphatic hydroxyl groups excluding tert-OH is 2. The van der Waals surface area contributed by atoms with Crippen LogP contribution in [0.4, 0.5) is 13.2 Å². The molecule has 1 fully saturated rings. The molecule has 0 aliphatic carbocycles. The van der Waals surface area contributed by atoms with Gasteiger partial charge in [0.05, 0.1) is 6.10 Å². The van der Waals surface area contributed by atoms with Crippen molar-refractivity contribution in [2.24, 2.45) is 16.8 Å². The Morgan fingerprint density at radius 2 is 1.96 bits per heavy atom. The minimum atomic E-state index is -3.58. The molecule has 1 rings (SSSR count). The minimum absolute atomic E-state index is 0.0737. The molecule has 25 heavy (non-hydrogen) atoms. The lowest BCUT2D eigenvalue weighted by molar-refractivity contribution is -0.186. The van der Waals surface area contributed by atoms with Gasteiger partial charge in [0.2, 0.25) is 6.41 Å². The Kier molecular flexibility index (Phi) is 9.06. The zero-order valence-electron chi connectivity index (χ0n) is 15.0. The standard InChI is InChI=1S/C17H29F3N2O3/c1-4-15(17(19,20)11-18)21-10-12(2)9-14(23)13-5-7-22(8-6-13)16(24)25-3/h4,10,12-14,16,23-24H,5-9,11H2,1-3H3/b15-4-,21-10?. The van der Waals surface area contributed by atoms with Crippen LogP contribution in [-0.2, 0) is 4.74 Å². The van der Waals surface area contributed by atoms with Crippen molar-refractivity contribution in [2.75, 3.05) is 26.9 Å². The second-order valence-corrected chi connectivity index (χ2v) is 6.51. The van der Waals surface area contributed by atoms with Crippen molar-refractivity contribution in [3.63, 3.8) is 0 Å². The Morgan fingerprint density at radius 1 is 1.36 bits per heavy atom. The van der Waals surface area contributed by atoms with Crippen molar-refractivity contribution in [1.29, 1.82) is 0 Å². The van der Waals surface area contributed by atoms with Crippen LogP contribution in [0, 0.1) is 11.8 Å². The normalized spacial score (nSPS) is 22.3. The van der Waals surface area contributed by atoms with E-state index in [4.69, 9.17) is 4.74 Å². The molecule has 1 aliphatic rings. The molecule has 0 bridgehead atoms. The molecule has 1 saturated heterocycles. The largest absolute Gasteiger partial charge is 0.393 e. The molecule has 0 saturated carbocycles. The van der Waals surface area contributed by atoms with E-state index in [1.807, 2.05) is 0 Å². The summed E-state index contributed by atoms with van der Waals surface area (Å²) in [6.07, 6.45) is 2.73. The van der Waals surface area contributed by atoms with Gasteiger partial charge >= 0.3 is 5.92 Å². The summed E-state index contributed by atoms with van der Waals surface area (Å²) in [6, 6.07) is 0. The summed E-state index contributed by atoms with van der Waals surface area (Å²) in [5.41, 5.74) is -0.599. The highest BCUT2D eigenvalue weighted by molar-refractivity contribution is 5.62. The van der Waals surface area contributed by atoms with E-state index in [-0.39, 0.29) is 11.8 Å². The van der Waals surface area contributed by atoms with Gasteiger partial charge in [-0.25, -0.2) is 4.39 Å². The molecule has 2 N–H and O–H groups in total. The van der Waals surface area contributed by atoms with E-state index in [1.54, 1.807) is 11.8 Å². The van der Waals surface area contributed by atoms with Gasteiger partial charge in [-0.15, -0.1) is 0 Å². The minimum Gasteiger partial charge on any atom is -0.393 e. The molecule has 1 aliphatic heterocycles. The van der Waals surface area contributed by atoms with Crippen LogP contribution in [0.3, 0.4) is 0 Å². The summed E-state index contributed by atoms with van der Waals surface area (Å²) in [5.74, 6) is -3.73. The summed E-state index contributed by atoms with van der Waals surface area (Å²) in [6.45, 7) is 2.61. The van der Waals surface area contributed by atoms with E-state index in [0.29, 0.717) is 32.4 Å². The maximum absolute atomic E-state index is 13.3. The van der Waals surface area contributed by atoms with Crippen molar-refractivity contribution >= 4 is 6.21 Å². The van der Waals surface area contributed by atoms with Crippen LogP contribution in [0.25, 0.3) is 0 Å². The van der Waals surface area contributed by atoms with E-state index in [1.165, 1.54) is 20.2 Å². The van der Waals surface area contributed by atoms with Gasteiger partial charge in [-0.05, 0) is 38.0 Å². The Labute approximate surface area is 147 Å². The molecular weight excluding hydrogens is 337 g/mol. The Hall–Kier alpha value is -0.960. The van der Waals surface area contributed by atoms with Crippen molar-refractivity contribution in [2.45, 2.75) is 51.6 Å². The fourth-order valence-electron chi connectivity index (χ4n) is 2.96. The van der Waals surface area contributed by atoms with E-state index in [9.17, 15) is 23.4 Å². The number of ether oxygens (including phenoxy) is 1. The Morgan fingerprint density at radius 3 is 2.44 bits per heavy atom. The third-order valence-corrected chi connectivity index (χ3v) is 4.54. The highest BCUT2D eigenvalue weighted by atomic mass is 19.3. The van der Waals surface area contributed by atoms with Gasteiger partial charge < -0.3 is 14.9 Å². The monoisotopic (exact) mass is 366 g/mol. The highest BCUT2D eigenvalue weighted by Gasteiger charge is 2.34. The molecule has 5 nitrogen and oxygen atoms in total. The third kappa shape index (κ3) is 6.69. The van der Waals surface area contributed by atoms with Crippen molar-refractivity contribution < 1.29 is 28.1 Å². The highest BCUT2D eigenvalue weighted by Crippen LogP contribution is 2.27. The first-order valence-corrected chi connectivity index (χ1v) is 8.52. The summed E-state index contributed by atoms with van der Waals surface area (Å²) < 4.78 is 43.8. The molecule has 0 amide bonds. The zero-order valence-corrected chi connectivity index (χ0v) is 15.0. The summed E-state index contributed by atoms with van der Waals surface area (Å²) >= 11 is 0. The number of likely N-dealkylation sites (tertiary alicyclic amines) is 1. The number of hydrogen-bond acceptors (Lipinski definition) is 5. The van der Waals surface area contributed by atoms with E-state index < -0.39 is 30.8 Å². The van der Waals surface area contributed by atoms with Gasteiger partial charge in [0.25, 0.3) is 0 Å². The van der Waals surface area contributed by atoms with Crippen LogP contribution in [-0.4, -0.2) is 66.6 Å². The molecule has 3 unspecified atom stereocenters. The first-order chi connectivity index (χ1) is 11.7. The SMILES string of the molecule is C/C=C(\N=CC(C)CC(O)C1CCN(C(O)OC)CC1)C(F)(F)CF. The average molecular weight is 366 g/mol. The number of nitrogens with zero attached hydrogens (tertiary/aromatic N) is 2. The van der Waals surface area contributed by atoms with Gasteiger partial charge in [-0.3, -0.25) is 9.89 Å². The van der Waals surface area contributed by atoms with E-state index in [2.05, 4.69) is 4.99 Å². The van der Waals surface area contributed by atoms with Gasteiger partial charge in [-0.1, -0.05) is 13.0 Å². The molecule has 0 aromatic carbocycles. The summed E-state index contributed by atoms with van der Waals surface area (Å²) in [7, 11) is 1.43. The fourth-order valence-corrected chi connectivity index (χ4v) is 2.96. The van der Waals surface area contributed by atoms with Gasteiger partial charge in [0.1, 0.15) is 5.70 Å². The lowest BCUT2D eigenvalue weighted by Crippen LogP contribution is -2.44. The second kappa shape index (κ2) is 10.3. The van der Waals surface area contributed by atoms with Crippen LogP contribution < -0.4 is 0 Å². The predicted molar refractivity (Wildman–Crippen MR) is 90.3 cm³/mol. The lowest BCUT2D eigenvalue weighted by Gasteiger charge is -2.36. The van der Waals surface area contributed by atoms with E-state index >= 15 is 0 Å². The molecule has 0 aromatic heterocycles. The average Bonchev–Trinajstić information content (AvgIpc) is 2.61. The van der Waals surface area contributed by atoms with Crippen molar-refractivity contribution in [3.8, 4) is 0 Å². The van der Waals surface area contributed by atoms with Gasteiger partial charge in [-0.2, -0.15) is 8.78 Å². The molecular formula is C17H29F3N2O3. The van der Waals surface area contributed by atoms with Crippen LogP contribution in [0.15, 0.2) is 16.8 Å². The van der Waals surface area contributed by atoms with Gasteiger partial charge in [0, 0.05) is 26.4 Å². The third-order valence-electron chi connectivity index (χ3n) is 4.54. The number of piperidine rings is 1. The number of allylic oxidation sites excluding steroid dienone is 2. The van der Waals surface area contributed by atoms with Crippen molar-refractivity contribution in [1.82, 2.24) is 4.90 Å². The summed E-state index contributed by atoms with van der Waals surface area (Å²) in [4.78, 5) is 5.49. The quantitative estimate of drug-likeness (QED) is 0.486. The Bertz CT molecular complexity index is 452. The molecule has 146 valence electrons. The molecule has 0 spiro atoms. The lowest BCUT2D eigenvalue weighted by atomic mass is 9.87. The molecule has 0 radical (unpaired) electrons. The number of alkyl halides is 3. The number of rotatable bonds is 9. The maximum Gasteiger partial charge on any atom is 0.317 e. The molecule has 0 aromatic rings. The number of methoxy groups -OCH3 is 1. The number of aliphatic imine (C=N–C) groups is 1. The second-order valence-electron chi connectivity index (χ2n) is 6.51. The topological polar surface area (TPSA) is 65.3 Å². The fraction of sp³-hybridized carbons (Fsp3) is 0.824. The predicted octanol–water partition coefficient (Wildman–Crippen LogP) is 2.59. The van der Waals surface area contributed by atoms with Crippen LogP contribution >= 0.6 is 0 Å². The molecule has 3 atom stereocenters. The van der Waals surface area contributed by atoms with Crippen LogP contribution in [0.2, 0.25) is 0 Å². The van der Waals surface area contributed by atoms with Crippen molar-refractivity contribution in [3.05, 3.63) is 11.8 Å². The number of hydrogen-bond donors (Lipinski definition) is 2.